The number of benzene rings is 1. The zero-order chi connectivity index (χ0) is 21.5. The van der Waals surface area contributed by atoms with Crippen molar-refractivity contribution in [3.05, 3.63) is 48.0 Å². The molecule has 0 unspecified atom stereocenters. The number of nitrogens with zero attached hydrogens (tertiary/aromatic N) is 1. The van der Waals surface area contributed by atoms with Gasteiger partial charge in [-0.3, -0.25) is 9.69 Å². The van der Waals surface area contributed by atoms with E-state index in [-0.39, 0.29) is 29.3 Å². The fourth-order valence-electron chi connectivity index (χ4n) is 6.37. The van der Waals surface area contributed by atoms with E-state index >= 15 is 0 Å². The second kappa shape index (κ2) is 8.12. The molecule has 30 heavy (non-hydrogen) atoms. The summed E-state index contributed by atoms with van der Waals surface area (Å²) in [6.45, 7) is 12.7. The van der Waals surface area contributed by atoms with Gasteiger partial charge in [0.1, 0.15) is 6.10 Å². The molecule has 3 fully saturated rings. The molecule has 1 N–H and O–H groups in total. The summed E-state index contributed by atoms with van der Waals surface area (Å²) in [6, 6.07) is 9.79. The molecule has 3 aliphatic rings. The molecule has 0 bridgehead atoms. The summed E-state index contributed by atoms with van der Waals surface area (Å²) in [5, 5.41) is 11.1. The number of hydrogen-bond donors (Lipinski definition) is 1. The van der Waals surface area contributed by atoms with Gasteiger partial charge >= 0.3 is 5.97 Å². The lowest BCUT2D eigenvalue weighted by Gasteiger charge is -2.50. The van der Waals surface area contributed by atoms with Crippen LogP contribution in [-0.4, -0.2) is 41.7 Å². The number of aliphatic hydroxyl groups is 1. The molecule has 0 amide bonds. The first kappa shape index (κ1) is 21.6. The Balaban J connectivity index is 1.48. The van der Waals surface area contributed by atoms with Gasteiger partial charge in [0.25, 0.3) is 0 Å². The van der Waals surface area contributed by atoms with Crippen LogP contribution >= 0.6 is 0 Å². The Kier molecular flexibility index (Phi) is 5.84. The average Bonchev–Trinajstić information content (AvgIpc) is 3.00. The number of hydrogen-bond acceptors (Lipinski definition) is 4. The van der Waals surface area contributed by atoms with Crippen LogP contribution in [0, 0.1) is 23.2 Å². The summed E-state index contributed by atoms with van der Waals surface area (Å²) in [5.41, 5.74) is 1.55. The maximum Gasteiger partial charge on any atom is 0.310 e. The zero-order valence-electron chi connectivity index (χ0n) is 18.8. The zero-order valence-corrected chi connectivity index (χ0v) is 18.8. The molecule has 4 heteroatoms. The van der Waals surface area contributed by atoms with E-state index in [1.54, 1.807) is 0 Å². The third-order valence-corrected chi connectivity index (χ3v) is 8.15. The molecular formula is C26H37NO3. The lowest BCUT2D eigenvalue weighted by atomic mass is 9.55. The quantitative estimate of drug-likeness (QED) is 0.552. The maximum atomic E-state index is 12.9. The molecule has 1 aliphatic heterocycles. The third kappa shape index (κ3) is 3.97. The summed E-state index contributed by atoms with van der Waals surface area (Å²) in [5.74, 6) is 0.615. The van der Waals surface area contributed by atoms with Gasteiger partial charge in [0.2, 0.25) is 0 Å². The van der Waals surface area contributed by atoms with Crippen LogP contribution in [0.25, 0.3) is 0 Å². The number of carbonyl (C=O) groups excluding carboxylic acids is 1. The third-order valence-electron chi connectivity index (χ3n) is 8.15. The first-order valence-corrected chi connectivity index (χ1v) is 11.6. The fraction of sp³-hybridized carbons (Fsp3) is 0.654. The Morgan fingerprint density at radius 2 is 2.07 bits per heavy atom. The lowest BCUT2D eigenvalue weighted by molar-refractivity contribution is -0.146. The summed E-state index contributed by atoms with van der Waals surface area (Å²) in [7, 11) is 0. The molecule has 2 aliphatic carbocycles. The molecule has 0 spiro atoms. The van der Waals surface area contributed by atoms with Crippen molar-refractivity contribution in [2.75, 3.05) is 19.6 Å². The minimum Gasteiger partial charge on any atom is -0.462 e. The molecule has 0 radical (unpaired) electrons. The predicted molar refractivity (Wildman–Crippen MR) is 119 cm³/mol. The smallest absolute Gasteiger partial charge is 0.310 e. The van der Waals surface area contributed by atoms with Crippen molar-refractivity contribution in [3.8, 4) is 0 Å². The van der Waals surface area contributed by atoms with Crippen molar-refractivity contribution in [2.45, 2.75) is 64.6 Å². The largest absolute Gasteiger partial charge is 0.462 e. The van der Waals surface area contributed by atoms with Gasteiger partial charge in [-0.2, -0.15) is 0 Å². The van der Waals surface area contributed by atoms with Crippen LogP contribution < -0.4 is 0 Å². The minimum absolute atomic E-state index is 0.0444. The number of allylic oxidation sites excluding steroid dienone is 1. The van der Waals surface area contributed by atoms with Crippen molar-refractivity contribution in [2.24, 2.45) is 23.2 Å². The van der Waals surface area contributed by atoms with Gasteiger partial charge in [-0.1, -0.05) is 56.3 Å². The number of likely N-dealkylation sites (N-methyl/N-ethyl adjacent to an activating group) is 1. The molecule has 2 saturated carbocycles. The molecule has 1 aromatic rings. The molecule has 1 saturated heterocycles. The van der Waals surface area contributed by atoms with Gasteiger partial charge in [0.05, 0.1) is 11.5 Å². The highest BCUT2D eigenvalue weighted by molar-refractivity contribution is 5.75. The Bertz CT molecular complexity index is 789. The van der Waals surface area contributed by atoms with E-state index < -0.39 is 5.60 Å². The topological polar surface area (TPSA) is 49.8 Å². The van der Waals surface area contributed by atoms with Crippen LogP contribution in [0.1, 0.15) is 58.4 Å². The van der Waals surface area contributed by atoms with Crippen molar-refractivity contribution in [1.29, 1.82) is 0 Å². The average molecular weight is 412 g/mol. The molecular weight excluding hydrogens is 374 g/mol. The standard InChI is InChI=1S/C26H37NO3/c1-5-27(17-26(4,29)19-11-7-6-8-12-19)16-21-20-14-22-18(2)10-9-13-25(22,3)15-23(20)30-24(21)28/h6-8,11-12,20-23,29H,2,5,9-10,13-17H2,1,3-4H3/t20-,21-,22+,23-,25-,26-/m1/s1. The summed E-state index contributed by atoms with van der Waals surface area (Å²) >= 11 is 0. The van der Waals surface area contributed by atoms with E-state index in [2.05, 4.69) is 25.3 Å². The molecule has 1 heterocycles. The number of ether oxygens (including phenoxy) is 1. The van der Waals surface area contributed by atoms with E-state index in [1.807, 2.05) is 37.3 Å². The fourth-order valence-corrected chi connectivity index (χ4v) is 6.37. The Morgan fingerprint density at radius 3 is 2.77 bits per heavy atom. The van der Waals surface area contributed by atoms with Crippen molar-refractivity contribution in [1.82, 2.24) is 4.90 Å². The van der Waals surface area contributed by atoms with Crippen molar-refractivity contribution in [3.63, 3.8) is 0 Å². The van der Waals surface area contributed by atoms with Crippen LogP contribution in [-0.2, 0) is 15.1 Å². The minimum atomic E-state index is -0.956. The van der Waals surface area contributed by atoms with Gasteiger partial charge < -0.3 is 9.84 Å². The lowest BCUT2D eigenvalue weighted by Crippen LogP contribution is -2.47. The summed E-state index contributed by atoms with van der Waals surface area (Å²) < 4.78 is 5.93. The second-order valence-electron chi connectivity index (χ2n) is 10.4. The first-order valence-electron chi connectivity index (χ1n) is 11.6. The number of fused-ring (bicyclic) bond motifs is 2. The first-order chi connectivity index (χ1) is 14.2. The van der Waals surface area contributed by atoms with Gasteiger partial charge in [-0.15, -0.1) is 0 Å². The van der Waals surface area contributed by atoms with Crippen molar-refractivity contribution >= 4 is 5.97 Å². The van der Waals surface area contributed by atoms with Crippen LogP contribution in [0.4, 0.5) is 0 Å². The van der Waals surface area contributed by atoms with E-state index in [1.165, 1.54) is 18.4 Å². The van der Waals surface area contributed by atoms with Crippen LogP contribution in [0.15, 0.2) is 42.5 Å². The highest BCUT2D eigenvalue weighted by atomic mass is 16.6. The number of rotatable bonds is 6. The molecule has 4 nitrogen and oxygen atoms in total. The second-order valence-corrected chi connectivity index (χ2v) is 10.4. The highest BCUT2D eigenvalue weighted by Crippen LogP contribution is 2.56. The van der Waals surface area contributed by atoms with E-state index in [0.29, 0.717) is 19.0 Å². The van der Waals surface area contributed by atoms with Crippen LogP contribution in [0.5, 0.6) is 0 Å². The summed E-state index contributed by atoms with van der Waals surface area (Å²) in [4.78, 5) is 15.1. The van der Waals surface area contributed by atoms with E-state index in [0.717, 1.165) is 31.4 Å². The number of carbonyl (C=O) groups is 1. The van der Waals surface area contributed by atoms with E-state index in [4.69, 9.17) is 4.74 Å². The van der Waals surface area contributed by atoms with Crippen LogP contribution in [0.3, 0.4) is 0 Å². The monoisotopic (exact) mass is 411 g/mol. The molecule has 6 atom stereocenters. The normalized spacial score (nSPS) is 35.5. The SMILES string of the molecule is C=C1CCC[C@]2(C)C[C@H]3OC(=O)[C@H](CN(CC)C[C@@](C)(O)c4ccccc4)[C@H]3C[C@@H]12. The highest BCUT2D eigenvalue weighted by Gasteiger charge is 2.55. The van der Waals surface area contributed by atoms with Crippen molar-refractivity contribution < 1.29 is 14.6 Å². The Hall–Kier alpha value is -1.65. The molecule has 4 rings (SSSR count). The Morgan fingerprint density at radius 1 is 1.33 bits per heavy atom. The molecule has 1 aromatic carbocycles. The molecule has 0 aromatic heterocycles. The Labute approximate surface area is 181 Å². The van der Waals surface area contributed by atoms with Gasteiger partial charge in [-0.05, 0) is 62.5 Å². The summed E-state index contributed by atoms with van der Waals surface area (Å²) in [6.07, 6.45) is 5.57. The van der Waals surface area contributed by atoms with Gasteiger partial charge in [0, 0.05) is 19.0 Å². The number of esters is 1. The van der Waals surface area contributed by atoms with Gasteiger partial charge in [-0.25, -0.2) is 0 Å². The predicted octanol–water partition coefficient (Wildman–Crippen LogP) is 4.53. The van der Waals surface area contributed by atoms with Gasteiger partial charge in [0.15, 0.2) is 0 Å². The van der Waals surface area contributed by atoms with Crippen LogP contribution in [0.2, 0.25) is 0 Å². The molecule has 164 valence electrons. The van der Waals surface area contributed by atoms with E-state index in [9.17, 15) is 9.90 Å². The maximum absolute atomic E-state index is 12.9.